The number of benzene rings is 2. The van der Waals surface area contributed by atoms with Crippen LogP contribution in [0.25, 0.3) is 16.9 Å². The highest BCUT2D eigenvalue weighted by molar-refractivity contribution is 5.80. The minimum Gasteiger partial charge on any atom is -0.465 e. The normalized spacial score (nSPS) is 10.5. The molecule has 0 aliphatic rings. The average Bonchev–Trinajstić information content (AvgIpc) is 3.15. The summed E-state index contributed by atoms with van der Waals surface area (Å²) in [6.07, 6.45) is -1.23. The van der Waals surface area contributed by atoms with Gasteiger partial charge in [0.1, 0.15) is 5.82 Å². The highest BCUT2D eigenvalue weighted by atomic mass is 19.1. The average molecular weight is 402 g/mol. The molecule has 2 aromatic carbocycles. The molecule has 0 saturated heterocycles. The molecule has 4 rings (SSSR count). The first-order valence-corrected chi connectivity index (χ1v) is 8.92. The van der Waals surface area contributed by atoms with Crippen LogP contribution in [-0.2, 0) is 6.54 Å². The molecule has 8 nitrogen and oxygen atoms in total. The number of fused-ring (bicyclic) bond motifs is 1. The molecule has 0 fully saturated rings. The van der Waals surface area contributed by atoms with Gasteiger partial charge in [0.15, 0.2) is 5.65 Å². The maximum Gasteiger partial charge on any atom is 0.411 e. The van der Waals surface area contributed by atoms with Crippen LogP contribution in [0.2, 0.25) is 0 Å². The summed E-state index contributed by atoms with van der Waals surface area (Å²) in [7, 11) is 0. The molecule has 0 spiro atoms. The van der Waals surface area contributed by atoms with Crippen molar-refractivity contribution in [2.24, 2.45) is 0 Å². The second-order valence-electron chi connectivity index (χ2n) is 6.40. The van der Waals surface area contributed by atoms with E-state index in [1.165, 1.54) is 12.1 Å². The highest BCUT2D eigenvalue weighted by Crippen LogP contribution is 2.22. The standard InChI is InChI=1S/C21H15FN6O2/c22-16-10-14(11-23)6-9-17(16)24-12-13-4-7-15(8-5-13)18-2-1-3-19-25-20(26-21(29)30)27-28(18)19/h1-10,24H,12H2,(H,26,27)(H,29,30). The second kappa shape index (κ2) is 7.89. The summed E-state index contributed by atoms with van der Waals surface area (Å²) in [5, 5.41) is 27.0. The Labute approximate surface area is 170 Å². The van der Waals surface area contributed by atoms with Crippen LogP contribution in [0.1, 0.15) is 11.1 Å². The SMILES string of the molecule is N#Cc1ccc(NCc2ccc(-c3cccc4nc(NC(=O)O)nn34)cc2)c(F)c1. The minimum atomic E-state index is -1.23. The number of nitriles is 1. The van der Waals surface area contributed by atoms with E-state index in [1.54, 1.807) is 16.6 Å². The summed E-state index contributed by atoms with van der Waals surface area (Å²) >= 11 is 0. The van der Waals surface area contributed by atoms with Crippen molar-refractivity contribution in [2.45, 2.75) is 6.54 Å². The lowest BCUT2D eigenvalue weighted by atomic mass is 10.1. The van der Waals surface area contributed by atoms with Crippen LogP contribution < -0.4 is 10.6 Å². The van der Waals surface area contributed by atoms with Gasteiger partial charge in [-0.05, 0) is 35.9 Å². The maximum atomic E-state index is 14.0. The molecular weight excluding hydrogens is 387 g/mol. The number of hydrogen-bond acceptors (Lipinski definition) is 5. The molecule has 9 heteroatoms. The fraction of sp³-hybridized carbons (Fsp3) is 0.0476. The zero-order valence-electron chi connectivity index (χ0n) is 15.5. The van der Waals surface area contributed by atoms with Crippen LogP contribution >= 0.6 is 0 Å². The van der Waals surface area contributed by atoms with E-state index >= 15 is 0 Å². The van der Waals surface area contributed by atoms with E-state index < -0.39 is 11.9 Å². The topological polar surface area (TPSA) is 115 Å². The zero-order chi connectivity index (χ0) is 21.1. The number of nitrogens with one attached hydrogen (secondary N) is 2. The molecule has 0 unspecified atom stereocenters. The van der Waals surface area contributed by atoms with Crippen LogP contribution in [0.4, 0.5) is 20.8 Å². The summed E-state index contributed by atoms with van der Waals surface area (Å²) in [6, 6.07) is 19.2. The van der Waals surface area contributed by atoms with Crippen molar-refractivity contribution >= 4 is 23.4 Å². The van der Waals surface area contributed by atoms with Crippen molar-refractivity contribution < 1.29 is 14.3 Å². The largest absolute Gasteiger partial charge is 0.465 e. The summed E-state index contributed by atoms with van der Waals surface area (Å²) in [6.45, 7) is 0.406. The smallest absolute Gasteiger partial charge is 0.411 e. The Morgan fingerprint density at radius 2 is 1.97 bits per heavy atom. The van der Waals surface area contributed by atoms with Gasteiger partial charge in [0.2, 0.25) is 0 Å². The predicted molar refractivity (Wildman–Crippen MR) is 109 cm³/mol. The Kier molecular flexibility index (Phi) is 4.97. The molecule has 30 heavy (non-hydrogen) atoms. The predicted octanol–water partition coefficient (Wildman–Crippen LogP) is 4.11. The van der Waals surface area contributed by atoms with Gasteiger partial charge in [-0.2, -0.15) is 10.2 Å². The first-order chi connectivity index (χ1) is 14.5. The van der Waals surface area contributed by atoms with E-state index in [0.29, 0.717) is 17.9 Å². The van der Waals surface area contributed by atoms with Gasteiger partial charge in [0.05, 0.1) is 23.0 Å². The van der Waals surface area contributed by atoms with E-state index in [0.717, 1.165) is 16.8 Å². The molecule has 3 N–H and O–H groups in total. The summed E-state index contributed by atoms with van der Waals surface area (Å²) in [5.41, 5.74) is 3.65. The number of nitrogens with zero attached hydrogens (tertiary/aromatic N) is 4. The first-order valence-electron chi connectivity index (χ1n) is 8.92. The molecule has 4 aromatic rings. The lowest BCUT2D eigenvalue weighted by molar-refractivity contribution is 0.209. The molecule has 1 amide bonds. The van der Waals surface area contributed by atoms with Gasteiger partial charge in [0.25, 0.3) is 5.95 Å². The van der Waals surface area contributed by atoms with Crippen LogP contribution in [0.3, 0.4) is 0 Å². The summed E-state index contributed by atoms with van der Waals surface area (Å²) < 4.78 is 15.5. The van der Waals surface area contributed by atoms with Gasteiger partial charge < -0.3 is 10.4 Å². The number of carbonyl (C=O) groups is 1. The third kappa shape index (κ3) is 3.88. The van der Waals surface area contributed by atoms with E-state index in [9.17, 15) is 9.18 Å². The van der Waals surface area contributed by atoms with Crippen LogP contribution in [0.5, 0.6) is 0 Å². The number of hydrogen-bond donors (Lipinski definition) is 3. The zero-order valence-corrected chi connectivity index (χ0v) is 15.5. The number of aromatic nitrogens is 3. The van der Waals surface area contributed by atoms with Crippen molar-refractivity contribution in [1.82, 2.24) is 14.6 Å². The number of carboxylic acid groups (broad SMARTS) is 1. The Balaban J connectivity index is 1.53. The van der Waals surface area contributed by atoms with E-state index in [4.69, 9.17) is 10.4 Å². The fourth-order valence-electron chi connectivity index (χ4n) is 2.99. The number of anilines is 2. The first kappa shape index (κ1) is 18.9. The summed E-state index contributed by atoms with van der Waals surface area (Å²) in [5.74, 6) is -0.477. The molecule has 2 heterocycles. The molecule has 148 valence electrons. The minimum absolute atomic E-state index is 0.000198. The van der Waals surface area contributed by atoms with Gasteiger partial charge >= 0.3 is 6.09 Å². The van der Waals surface area contributed by atoms with Gasteiger partial charge in [-0.25, -0.2) is 13.7 Å². The number of halogens is 1. The number of rotatable bonds is 5. The summed E-state index contributed by atoms with van der Waals surface area (Å²) in [4.78, 5) is 14.9. The van der Waals surface area contributed by atoms with Crippen molar-refractivity contribution in [3.63, 3.8) is 0 Å². The molecule has 2 aromatic heterocycles. The lowest BCUT2D eigenvalue weighted by Gasteiger charge is -2.09. The second-order valence-corrected chi connectivity index (χ2v) is 6.40. The van der Waals surface area contributed by atoms with Gasteiger partial charge in [-0.1, -0.05) is 30.3 Å². The van der Waals surface area contributed by atoms with Crippen molar-refractivity contribution in [2.75, 3.05) is 10.6 Å². The van der Waals surface area contributed by atoms with Crippen LogP contribution in [0, 0.1) is 17.1 Å². The van der Waals surface area contributed by atoms with Gasteiger partial charge in [-0.3, -0.25) is 5.32 Å². The van der Waals surface area contributed by atoms with E-state index in [1.807, 2.05) is 42.5 Å². The van der Waals surface area contributed by atoms with Crippen LogP contribution in [-0.4, -0.2) is 25.8 Å². The van der Waals surface area contributed by atoms with Crippen molar-refractivity contribution in [3.05, 3.63) is 77.6 Å². The Hall–Kier alpha value is -4.45. The molecule has 0 saturated carbocycles. The van der Waals surface area contributed by atoms with Gasteiger partial charge in [0, 0.05) is 12.1 Å². The molecule has 0 atom stereocenters. The Morgan fingerprint density at radius 1 is 1.17 bits per heavy atom. The van der Waals surface area contributed by atoms with Crippen molar-refractivity contribution in [3.8, 4) is 17.3 Å². The quantitative estimate of drug-likeness (QED) is 0.463. The third-order valence-corrected chi connectivity index (χ3v) is 4.41. The van der Waals surface area contributed by atoms with Crippen LogP contribution in [0.15, 0.2) is 60.7 Å². The Morgan fingerprint density at radius 3 is 2.67 bits per heavy atom. The Bertz CT molecular complexity index is 1280. The third-order valence-electron chi connectivity index (χ3n) is 4.41. The molecule has 0 radical (unpaired) electrons. The number of pyridine rings is 1. The fourth-order valence-corrected chi connectivity index (χ4v) is 2.99. The van der Waals surface area contributed by atoms with Crippen molar-refractivity contribution in [1.29, 1.82) is 5.26 Å². The monoisotopic (exact) mass is 402 g/mol. The van der Waals surface area contributed by atoms with E-state index in [-0.39, 0.29) is 11.5 Å². The highest BCUT2D eigenvalue weighted by Gasteiger charge is 2.10. The molecule has 0 bridgehead atoms. The van der Waals surface area contributed by atoms with E-state index in [2.05, 4.69) is 20.7 Å². The lowest BCUT2D eigenvalue weighted by Crippen LogP contribution is -2.08. The maximum absolute atomic E-state index is 14.0. The van der Waals surface area contributed by atoms with Gasteiger partial charge in [-0.15, -0.1) is 5.10 Å². The number of amides is 1. The molecular formula is C21H15FN6O2. The molecule has 0 aliphatic heterocycles. The molecule has 0 aliphatic carbocycles.